The number of nitro benzene ring substituents is 1. The number of halogens is 1. The van der Waals surface area contributed by atoms with E-state index in [4.69, 9.17) is 11.6 Å². The zero-order valence-electron chi connectivity index (χ0n) is 12.1. The third-order valence-electron chi connectivity index (χ3n) is 4.10. The Morgan fingerprint density at radius 2 is 2.10 bits per heavy atom. The van der Waals surface area contributed by atoms with E-state index in [1.807, 2.05) is 6.07 Å². The highest BCUT2D eigenvalue weighted by Gasteiger charge is 2.24. The van der Waals surface area contributed by atoms with Crippen LogP contribution in [0.15, 0.2) is 18.2 Å². The lowest BCUT2D eigenvalue weighted by atomic mass is 9.85. The van der Waals surface area contributed by atoms with Crippen LogP contribution in [-0.4, -0.2) is 18.0 Å². The summed E-state index contributed by atoms with van der Waals surface area (Å²) in [6, 6.07) is 5.01. The molecule has 1 aromatic carbocycles. The van der Waals surface area contributed by atoms with Gasteiger partial charge in [-0.05, 0) is 36.3 Å². The van der Waals surface area contributed by atoms with E-state index in [0.29, 0.717) is 11.3 Å². The first kappa shape index (κ1) is 15.1. The Kier molecular flexibility index (Phi) is 4.53. The number of non-ortho nitro benzene ring substituents is 1. The molecular formula is C15H21ClN2O2. The largest absolute Gasteiger partial charge is 0.371 e. The van der Waals surface area contributed by atoms with Gasteiger partial charge in [0, 0.05) is 36.8 Å². The van der Waals surface area contributed by atoms with E-state index in [2.05, 4.69) is 18.7 Å². The van der Waals surface area contributed by atoms with Crippen LogP contribution in [0.1, 0.15) is 38.7 Å². The van der Waals surface area contributed by atoms with E-state index < -0.39 is 0 Å². The van der Waals surface area contributed by atoms with Crippen LogP contribution in [0.25, 0.3) is 0 Å². The van der Waals surface area contributed by atoms with Gasteiger partial charge in [-0.25, -0.2) is 0 Å². The van der Waals surface area contributed by atoms with E-state index in [-0.39, 0.29) is 10.6 Å². The molecular weight excluding hydrogens is 276 g/mol. The molecule has 0 saturated carbocycles. The highest BCUT2D eigenvalue weighted by Crippen LogP contribution is 2.34. The average molecular weight is 297 g/mol. The summed E-state index contributed by atoms with van der Waals surface area (Å²) in [7, 11) is 0. The molecule has 4 nitrogen and oxygen atoms in total. The lowest BCUT2D eigenvalue weighted by molar-refractivity contribution is -0.384. The molecule has 0 N–H and O–H groups in total. The molecule has 1 saturated heterocycles. The third-order valence-corrected chi connectivity index (χ3v) is 4.39. The normalized spacial score (nSPS) is 18.6. The summed E-state index contributed by atoms with van der Waals surface area (Å²) in [4.78, 5) is 12.8. The fourth-order valence-electron chi connectivity index (χ4n) is 2.76. The van der Waals surface area contributed by atoms with E-state index in [0.717, 1.165) is 37.2 Å². The molecule has 0 spiro atoms. The molecule has 0 atom stereocenters. The molecule has 0 aliphatic carbocycles. The van der Waals surface area contributed by atoms with Gasteiger partial charge in [0.2, 0.25) is 0 Å². The van der Waals surface area contributed by atoms with E-state index in [9.17, 15) is 10.1 Å². The van der Waals surface area contributed by atoms with Gasteiger partial charge in [-0.15, -0.1) is 11.6 Å². The van der Waals surface area contributed by atoms with E-state index in [1.165, 1.54) is 6.42 Å². The van der Waals surface area contributed by atoms with Gasteiger partial charge in [-0.1, -0.05) is 13.8 Å². The second-order valence-corrected chi connectivity index (χ2v) is 6.48. The maximum atomic E-state index is 10.8. The molecule has 2 rings (SSSR count). The number of hydrogen-bond donors (Lipinski definition) is 0. The molecule has 0 bridgehead atoms. The summed E-state index contributed by atoms with van der Waals surface area (Å²) in [6.07, 6.45) is 3.49. The molecule has 1 aliphatic heterocycles. The lowest BCUT2D eigenvalue weighted by Crippen LogP contribution is -2.26. The van der Waals surface area contributed by atoms with Crippen molar-refractivity contribution < 1.29 is 4.92 Å². The highest BCUT2D eigenvalue weighted by atomic mass is 35.5. The Balaban J connectivity index is 2.25. The van der Waals surface area contributed by atoms with Crippen LogP contribution >= 0.6 is 11.6 Å². The monoisotopic (exact) mass is 296 g/mol. The predicted molar refractivity (Wildman–Crippen MR) is 82.5 cm³/mol. The Labute approximate surface area is 124 Å². The molecule has 0 unspecified atom stereocenters. The van der Waals surface area contributed by atoms with Gasteiger partial charge in [-0.2, -0.15) is 0 Å². The van der Waals surface area contributed by atoms with E-state index in [1.54, 1.807) is 12.1 Å². The Morgan fingerprint density at radius 1 is 1.35 bits per heavy atom. The predicted octanol–water partition coefficient (Wildman–Crippen LogP) is 4.35. The minimum atomic E-state index is -0.370. The Bertz CT molecular complexity index is 503. The molecule has 1 fully saturated rings. The first-order valence-corrected chi connectivity index (χ1v) is 7.55. The number of nitrogens with zero attached hydrogens (tertiary/aromatic N) is 2. The third kappa shape index (κ3) is 3.42. The fraction of sp³-hybridized carbons (Fsp3) is 0.600. The number of rotatable bonds is 3. The summed E-state index contributed by atoms with van der Waals surface area (Å²) in [5.41, 5.74) is 2.37. The van der Waals surface area contributed by atoms with Crippen molar-refractivity contribution in [2.75, 3.05) is 18.0 Å². The van der Waals surface area contributed by atoms with Gasteiger partial charge in [0.1, 0.15) is 0 Å². The van der Waals surface area contributed by atoms with Gasteiger partial charge < -0.3 is 4.90 Å². The zero-order chi connectivity index (χ0) is 14.8. The topological polar surface area (TPSA) is 46.4 Å². The maximum Gasteiger partial charge on any atom is 0.269 e. The minimum absolute atomic E-state index is 0.111. The zero-order valence-corrected chi connectivity index (χ0v) is 12.8. The lowest BCUT2D eigenvalue weighted by Gasteiger charge is -2.26. The van der Waals surface area contributed by atoms with Crippen LogP contribution < -0.4 is 4.90 Å². The Hall–Kier alpha value is -1.29. The van der Waals surface area contributed by atoms with Crippen molar-refractivity contribution >= 4 is 23.0 Å². The van der Waals surface area contributed by atoms with Crippen LogP contribution in [0.2, 0.25) is 0 Å². The molecule has 5 heteroatoms. The number of alkyl halides is 1. The Morgan fingerprint density at radius 3 is 2.75 bits per heavy atom. The van der Waals surface area contributed by atoms with Crippen molar-refractivity contribution in [1.29, 1.82) is 0 Å². The van der Waals surface area contributed by atoms with Gasteiger partial charge in [-0.3, -0.25) is 10.1 Å². The SMILES string of the molecule is CC1(C)CCCN(c2ccc([N+](=O)[O-])cc2CCl)CC1. The number of hydrogen-bond acceptors (Lipinski definition) is 3. The molecule has 110 valence electrons. The average Bonchev–Trinajstić information content (AvgIpc) is 2.59. The first-order valence-electron chi connectivity index (χ1n) is 7.01. The van der Waals surface area contributed by atoms with Gasteiger partial charge in [0.05, 0.1) is 4.92 Å². The van der Waals surface area contributed by atoms with Crippen molar-refractivity contribution in [2.24, 2.45) is 5.41 Å². The van der Waals surface area contributed by atoms with Crippen LogP contribution in [0.3, 0.4) is 0 Å². The molecule has 0 radical (unpaired) electrons. The van der Waals surface area contributed by atoms with Gasteiger partial charge >= 0.3 is 0 Å². The summed E-state index contributed by atoms with van der Waals surface area (Å²) in [5.74, 6) is 0.302. The number of nitro groups is 1. The maximum absolute atomic E-state index is 10.8. The summed E-state index contributed by atoms with van der Waals surface area (Å²) < 4.78 is 0. The molecule has 1 aromatic rings. The van der Waals surface area contributed by atoms with Crippen LogP contribution in [0.5, 0.6) is 0 Å². The second kappa shape index (κ2) is 6.00. The van der Waals surface area contributed by atoms with Crippen molar-refractivity contribution in [3.63, 3.8) is 0 Å². The summed E-state index contributed by atoms with van der Waals surface area (Å²) >= 11 is 5.98. The van der Waals surface area contributed by atoms with Gasteiger partial charge in [0.15, 0.2) is 0 Å². The summed E-state index contributed by atoms with van der Waals surface area (Å²) in [5, 5.41) is 10.8. The van der Waals surface area contributed by atoms with Crippen molar-refractivity contribution in [1.82, 2.24) is 0 Å². The standard InChI is InChI=1S/C15H21ClN2O2/c1-15(2)6-3-8-17(9-7-15)14-5-4-13(18(19)20)10-12(14)11-16/h4-5,10H,3,6-9,11H2,1-2H3. The van der Waals surface area contributed by atoms with Crippen molar-refractivity contribution in [2.45, 2.75) is 39.0 Å². The van der Waals surface area contributed by atoms with E-state index >= 15 is 0 Å². The van der Waals surface area contributed by atoms with Crippen molar-refractivity contribution in [3.05, 3.63) is 33.9 Å². The first-order chi connectivity index (χ1) is 9.43. The highest BCUT2D eigenvalue weighted by molar-refractivity contribution is 6.17. The summed E-state index contributed by atoms with van der Waals surface area (Å²) in [6.45, 7) is 6.57. The quantitative estimate of drug-likeness (QED) is 0.473. The molecule has 0 amide bonds. The smallest absolute Gasteiger partial charge is 0.269 e. The molecule has 20 heavy (non-hydrogen) atoms. The molecule has 1 heterocycles. The van der Waals surface area contributed by atoms with Crippen LogP contribution in [-0.2, 0) is 5.88 Å². The van der Waals surface area contributed by atoms with Crippen LogP contribution in [0.4, 0.5) is 11.4 Å². The van der Waals surface area contributed by atoms with Crippen molar-refractivity contribution in [3.8, 4) is 0 Å². The minimum Gasteiger partial charge on any atom is -0.371 e. The number of benzene rings is 1. The van der Waals surface area contributed by atoms with Crippen LogP contribution in [0, 0.1) is 15.5 Å². The molecule has 0 aromatic heterocycles. The second-order valence-electron chi connectivity index (χ2n) is 6.21. The van der Waals surface area contributed by atoms with Gasteiger partial charge in [0.25, 0.3) is 5.69 Å². The number of anilines is 1. The fourth-order valence-corrected chi connectivity index (χ4v) is 2.98. The molecule has 1 aliphatic rings.